The van der Waals surface area contributed by atoms with Gasteiger partial charge in [0.15, 0.2) is 10.6 Å². The Hall–Kier alpha value is -3.88. The maximum atomic E-state index is 14.0. The summed E-state index contributed by atoms with van der Waals surface area (Å²) >= 11 is 7.40. The highest BCUT2D eigenvalue weighted by Gasteiger charge is 2.32. The number of aryl methyl sites for hydroxylation is 1. The third-order valence-electron chi connectivity index (χ3n) is 6.98. The van der Waals surface area contributed by atoms with Crippen molar-refractivity contribution in [3.05, 3.63) is 107 Å². The summed E-state index contributed by atoms with van der Waals surface area (Å²) in [4.78, 5) is 32.0. The first kappa shape index (κ1) is 26.7. The summed E-state index contributed by atoms with van der Waals surface area (Å²) in [5, 5.41) is 0.672. The molecule has 1 aliphatic heterocycles. The fourth-order valence-electron chi connectivity index (χ4n) is 5.17. The summed E-state index contributed by atoms with van der Waals surface area (Å²) in [7, 11) is 3.13. The lowest BCUT2D eigenvalue weighted by atomic mass is 9.92. The zero-order valence-electron chi connectivity index (χ0n) is 22.5. The molecule has 200 valence electrons. The smallest absolute Gasteiger partial charge is 0.271 e. The number of allylic oxidation sites excluding steroid dienone is 2. The van der Waals surface area contributed by atoms with Crippen LogP contribution in [0.4, 0.5) is 0 Å². The van der Waals surface area contributed by atoms with Gasteiger partial charge in [-0.1, -0.05) is 22.9 Å². The Kier molecular flexibility index (Phi) is 7.09. The summed E-state index contributed by atoms with van der Waals surface area (Å²) in [5.74, 6) is 0.984. The van der Waals surface area contributed by atoms with Crippen molar-refractivity contribution in [2.75, 3.05) is 14.2 Å². The standard InChI is InChI=1S/C30H28ClN3O4S/c1-16-13-20(18(3)33(16)22-9-7-21(31)8-10-22)14-26-29(36)34-28(24-12-11-23(37-5)15-25(24)38-6)27(19(4)35)17(2)32-30(34)39-26/h7-15,28H,1-6H3/b26-14-/t28-/m1/s1. The number of carbonyl (C=O) groups excluding carboxylic acids is 1. The minimum absolute atomic E-state index is 0.153. The molecule has 1 aliphatic rings. The van der Waals surface area contributed by atoms with E-state index in [0.29, 0.717) is 42.7 Å². The minimum atomic E-state index is -0.678. The van der Waals surface area contributed by atoms with Crippen LogP contribution in [0.2, 0.25) is 5.02 Å². The van der Waals surface area contributed by atoms with E-state index in [-0.39, 0.29) is 11.3 Å². The predicted octanol–water partition coefficient (Wildman–Crippen LogP) is 4.90. The number of halogens is 1. The average molecular weight is 562 g/mol. The van der Waals surface area contributed by atoms with E-state index in [2.05, 4.69) is 15.6 Å². The van der Waals surface area contributed by atoms with Crippen LogP contribution >= 0.6 is 22.9 Å². The van der Waals surface area contributed by atoms with Gasteiger partial charge in [-0.25, -0.2) is 4.99 Å². The molecule has 2 aromatic heterocycles. The molecule has 0 unspecified atom stereocenters. The number of Topliss-reactive ketones (excluding diaryl/α,β-unsaturated/α-hetero) is 1. The normalized spacial score (nSPS) is 15.3. The third-order valence-corrected chi connectivity index (χ3v) is 8.21. The fraction of sp³-hybridized carbons (Fsp3) is 0.233. The van der Waals surface area contributed by atoms with Gasteiger partial charge in [0, 0.05) is 45.0 Å². The molecule has 0 saturated carbocycles. The number of carbonyl (C=O) groups is 1. The second kappa shape index (κ2) is 10.4. The summed E-state index contributed by atoms with van der Waals surface area (Å²) < 4.78 is 15.3. The number of hydrogen-bond acceptors (Lipinski definition) is 6. The molecular weight excluding hydrogens is 534 g/mol. The van der Waals surface area contributed by atoms with Gasteiger partial charge in [-0.05, 0) is 81.8 Å². The third kappa shape index (κ3) is 4.64. The number of ketones is 1. The molecule has 1 atom stereocenters. The molecule has 5 rings (SSSR count). The van der Waals surface area contributed by atoms with Crippen molar-refractivity contribution in [3.63, 3.8) is 0 Å². The van der Waals surface area contributed by atoms with Gasteiger partial charge in [0.05, 0.1) is 24.8 Å². The highest BCUT2D eigenvalue weighted by molar-refractivity contribution is 7.07. The maximum absolute atomic E-state index is 14.0. The van der Waals surface area contributed by atoms with E-state index in [0.717, 1.165) is 22.6 Å². The van der Waals surface area contributed by atoms with Crippen LogP contribution in [0.25, 0.3) is 11.8 Å². The van der Waals surface area contributed by atoms with Crippen LogP contribution in [0.1, 0.15) is 42.4 Å². The van der Waals surface area contributed by atoms with Crippen molar-refractivity contribution < 1.29 is 14.3 Å². The number of fused-ring (bicyclic) bond motifs is 1. The SMILES string of the molecule is COc1ccc([C@@H]2C(C(C)=O)=C(C)N=c3s/c(=C\c4cc(C)n(-c5ccc(Cl)cc5)c4C)c(=O)n32)c(OC)c1. The molecule has 7 nitrogen and oxygen atoms in total. The zero-order chi connectivity index (χ0) is 28.0. The Morgan fingerprint density at radius 1 is 1.05 bits per heavy atom. The van der Waals surface area contributed by atoms with E-state index >= 15 is 0 Å². The van der Waals surface area contributed by atoms with E-state index in [9.17, 15) is 9.59 Å². The lowest BCUT2D eigenvalue weighted by Crippen LogP contribution is -2.39. The van der Waals surface area contributed by atoms with Crippen molar-refractivity contribution in [3.8, 4) is 17.2 Å². The first-order valence-electron chi connectivity index (χ1n) is 12.3. The summed E-state index contributed by atoms with van der Waals surface area (Å²) in [5.41, 5.74) is 5.45. The highest BCUT2D eigenvalue weighted by atomic mass is 35.5. The molecule has 9 heteroatoms. The fourth-order valence-corrected chi connectivity index (χ4v) is 6.34. The lowest BCUT2D eigenvalue weighted by Gasteiger charge is -2.26. The van der Waals surface area contributed by atoms with Crippen molar-refractivity contribution in [1.29, 1.82) is 0 Å². The Bertz CT molecular complexity index is 1830. The largest absolute Gasteiger partial charge is 0.497 e. The minimum Gasteiger partial charge on any atom is -0.497 e. The number of hydrogen-bond donors (Lipinski definition) is 0. The molecule has 39 heavy (non-hydrogen) atoms. The van der Waals surface area contributed by atoms with Crippen molar-refractivity contribution in [1.82, 2.24) is 9.13 Å². The van der Waals surface area contributed by atoms with Gasteiger partial charge in [0.1, 0.15) is 11.5 Å². The molecule has 0 amide bonds. The summed E-state index contributed by atoms with van der Waals surface area (Å²) in [6.07, 6.45) is 1.90. The lowest BCUT2D eigenvalue weighted by molar-refractivity contribution is -0.114. The van der Waals surface area contributed by atoms with E-state index < -0.39 is 6.04 Å². The number of methoxy groups -OCH3 is 2. The maximum Gasteiger partial charge on any atom is 0.271 e. The van der Waals surface area contributed by atoms with Gasteiger partial charge in [-0.15, -0.1) is 0 Å². The van der Waals surface area contributed by atoms with E-state index in [1.54, 1.807) is 37.8 Å². The molecule has 0 N–H and O–H groups in total. The topological polar surface area (TPSA) is 74.8 Å². The molecule has 0 bridgehead atoms. The molecular formula is C30H28ClN3O4S. The van der Waals surface area contributed by atoms with Gasteiger partial charge in [-0.3, -0.25) is 14.2 Å². The van der Waals surface area contributed by atoms with Gasteiger partial charge in [0.25, 0.3) is 5.56 Å². The Morgan fingerprint density at radius 3 is 2.41 bits per heavy atom. The second-order valence-corrected chi connectivity index (χ2v) is 10.8. The van der Waals surface area contributed by atoms with Crippen molar-refractivity contribution in [2.24, 2.45) is 4.99 Å². The molecule has 0 spiro atoms. The number of nitrogens with zero attached hydrogens (tertiary/aromatic N) is 3. The highest BCUT2D eigenvalue weighted by Crippen LogP contribution is 2.37. The van der Waals surface area contributed by atoms with Gasteiger partial charge in [-0.2, -0.15) is 0 Å². The van der Waals surface area contributed by atoms with E-state index in [1.807, 2.05) is 50.3 Å². The van der Waals surface area contributed by atoms with E-state index in [1.165, 1.54) is 18.3 Å². The molecule has 4 aromatic rings. The van der Waals surface area contributed by atoms with Gasteiger partial charge < -0.3 is 14.0 Å². The Labute approximate surface area is 234 Å². The molecule has 0 fully saturated rings. The van der Waals surface area contributed by atoms with Crippen LogP contribution < -0.4 is 24.4 Å². The molecule has 3 heterocycles. The number of ether oxygens (including phenoxy) is 2. The van der Waals surface area contributed by atoms with Gasteiger partial charge in [0.2, 0.25) is 0 Å². The first-order valence-corrected chi connectivity index (χ1v) is 13.5. The van der Waals surface area contributed by atoms with E-state index in [4.69, 9.17) is 21.1 Å². The molecule has 2 aromatic carbocycles. The van der Waals surface area contributed by atoms with Crippen LogP contribution in [-0.2, 0) is 4.79 Å². The molecule has 0 radical (unpaired) electrons. The van der Waals surface area contributed by atoms with Crippen molar-refractivity contribution in [2.45, 2.75) is 33.7 Å². The van der Waals surface area contributed by atoms with Crippen LogP contribution in [-0.4, -0.2) is 29.1 Å². The monoisotopic (exact) mass is 561 g/mol. The average Bonchev–Trinajstić information content (AvgIpc) is 3.37. The molecule has 0 saturated heterocycles. The molecule has 0 aliphatic carbocycles. The Balaban J connectivity index is 1.71. The zero-order valence-corrected chi connectivity index (χ0v) is 24.1. The second-order valence-electron chi connectivity index (χ2n) is 9.38. The number of aromatic nitrogens is 2. The first-order chi connectivity index (χ1) is 18.6. The van der Waals surface area contributed by atoms with Crippen LogP contribution in [0.15, 0.2) is 69.6 Å². The quantitative estimate of drug-likeness (QED) is 0.335. The van der Waals surface area contributed by atoms with Crippen LogP contribution in [0.3, 0.4) is 0 Å². The van der Waals surface area contributed by atoms with Crippen LogP contribution in [0.5, 0.6) is 11.5 Å². The number of rotatable bonds is 6. The Morgan fingerprint density at radius 2 is 1.77 bits per heavy atom. The van der Waals surface area contributed by atoms with Crippen molar-refractivity contribution >= 4 is 34.8 Å². The van der Waals surface area contributed by atoms with Crippen LogP contribution in [0, 0.1) is 13.8 Å². The summed E-state index contributed by atoms with van der Waals surface area (Å²) in [6, 6.07) is 14.4. The van der Waals surface area contributed by atoms with Gasteiger partial charge >= 0.3 is 0 Å². The predicted molar refractivity (Wildman–Crippen MR) is 154 cm³/mol. The summed E-state index contributed by atoms with van der Waals surface area (Å²) in [6.45, 7) is 7.35. The number of thiazole rings is 1. The number of benzene rings is 2.